The van der Waals surface area contributed by atoms with Crippen molar-refractivity contribution in [1.82, 2.24) is 10.2 Å². The molecule has 1 fully saturated rings. The average molecular weight is 340 g/mol. The minimum Gasteiger partial charge on any atom is -0.353 e. The number of carbonyl (C=O) groups excluding carboxylic acids is 2. The maximum Gasteiger partial charge on any atom is 0.270 e. The van der Waals surface area contributed by atoms with Crippen LogP contribution >= 0.6 is 11.6 Å². The molecule has 1 aliphatic rings. The molecule has 23 heavy (non-hydrogen) atoms. The van der Waals surface area contributed by atoms with Gasteiger partial charge in [-0.1, -0.05) is 18.5 Å². The molecule has 2 amide bonds. The highest BCUT2D eigenvalue weighted by Gasteiger charge is 2.26. The fourth-order valence-corrected chi connectivity index (χ4v) is 2.77. The Morgan fingerprint density at radius 3 is 2.57 bits per heavy atom. The molecule has 1 saturated heterocycles. The van der Waals surface area contributed by atoms with Gasteiger partial charge in [-0.15, -0.1) is 0 Å². The van der Waals surface area contributed by atoms with Gasteiger partial charge in [0.2, 0.25) is 5.91 Å². The first-order chi connectivity index (χ1) is 10.9. The number of benzene rings is 1. The summed E-state index contributed by atoms with van der Waals surface area (Å²) < 4.78 is 0. The Morgan fingerprint density at radius 1 is 1.39 bits per heavy atom. The second-order valence-electron chi connectivity index (χ2n) is 5.41. The first-order valence-electron chi connectivity index (χ1n) is 7.45. The highest BCUT2D eigenvalue weighted by atomic mass is 35.5. The lowest BCUT2D eigenvalue weighted by molar-refractivity contribution is -0.384. The van der Waals surface area contributed by atoms with Crippen molar-refractivity contribution in [3.8, 4) is 0 Å². The number of nitrogens with one attached hydrogen (secondary N) is 1. The fourth-order valence-electron chi connectivity index (χ4n) is 2.52. The molecule has 0 aliphatic carbocycles. The van der Waals surface area contributed by atoms with Crippen molar-refractivity contribution in [2.75, 3.05) is 13.1 Å². The van der Waals surface area contributed by atoms with E-state index in [2.05, 4.69) is 5.32 Å². The molecule has 1 aromatic carbocycles. The summed E-state index contributed by atoms with van der Waals surface area (Å²) in [5.74, 6) is -0.238. The number of likely N-dealkylation sites (tertiary alicyclic amines) is 1. The van der Waals surface area contributed by atoms with Gasteiger partial charge in [-0.25, -0.2) is 0 Å². The molecule has 0 unspecified atom stereocenters. The predicted octanol–water partition coefficient (Wildman–Crippen LogP) is 2.38. The number of hydrogen-bond acceptors (Lipinski definition) is 4. The Bertz CT molecular complexity index is 627. The third-order valence-corrected chi connectivity index (χ3v) is 4.18. The molecule has 0 saturated carbocycles. The fraction of sp³-hybridized carbons (Fsp3) is 0.467. The SMILES string of the molecule is CCC(=O)NC1CCN(C(=O)c2ccc([N+](=O)[O-])cc2Cl)CC1. The maximum absolute atomic E-state index is 12.5. The van der Waals surface area contributed by atoms with E-state index in [0.29, 0.717) is 32.4 Å². The lowest BCUT2D eigenvalue weighted by Crippen LogP contribution is -2.46. The van der Waals surface area contributed by atoms with Gasteiger partial charge in [0, 0.05) is 37.7 Å². The van der Waals surface area contributed by atoms with Gasteiger partial charge in [0.1, 0.15) is 0 Å². The Labute approximate surface area is 138 Å². The molecule has 124 valence electrons. The van der Waals surface area contributed by atoms with Crippen molar-refractivity contribution < 1.29 is 14.5 Å². The van der Waals surface area contributed by atoms with Crippen molar-refractivity contribution in [3.05, 3.63) is 38.9 Å². The third kappa shape index (κ3) is 4.19. The molecule has 2 rings (SSSR count). The second kappa shape index (κ2) is 7.41. The van der Waals surface area contributed by atoms with E-state index in [1.54, 1.807) is 11.8 Å². The van der Waals surface area contributed by atoms with Crippen LogP contribution in [0.1, 0.15) is 36.5 Å². The van der Waals surface area contributed by atoms with E-state index in [9.17, 15) is 19.7 Å². The van der Waals surface area contributed by atoms with Gasteiger partial charge in [0.25, 0.3) is 11.6 Å². The molecule has 7 nitrogen and oxygen atoms in total. The maximum atomic E-state index is 12.5. The van der Waals surface area contributed by atoms with E-state index in [4.69, 9.17) is 11.6 Å². The Balaban J connectivity index is 2.00. The standard InChI is InChI=1S/C15H18ClN3O4/c1-2-14(20)17-10-5-7-18(8-6-10)15(21)12-4-3-11(19(22)23)9-13(12)16/h3-4,9-10H,2,5-8H2,1H3,(H,17,20). The second-order valence-corrected chi connectivity index (χ2v) is 5.82. The summed E-state index contributed by atoms with van der Waals surface area (Å²) in [6.07, 6.45) is 1.81. The van der Waals surface area contributed by atoms with Gasteiger partial charge < -0.3 is 10.2 Å². The highest BCUT2D eigenvalue weighted by molar-refractivity contribution is 6.34. The average Bonchev–Trinajstić information content (AvgIpc) is 2.54. The normalized spacial score (nSPS) is 15.3. The minimum atomic E-state index is -0.554. The lowest BCUT2D eigenvalue weighted by Gasteiger charge is -2.32. The van der Waals surface area contributed by atoms with Crippen molar-refractivity contribution in [1.29, 1.82) is 0 Å². The van der Waals surface area contributed by atoms with Crippen molar-refractivity contribution in [3.63, 3.8) is 0 Å². The summed E-state index contributed by atoms with van der Waals surface area (Å²) in [7, 11) is 0. The summed E-state index contributed by atoms with van der Waals surface area (Å²) in [5.41, 5.74) is 0.112. The molecule has 0 aromatic heterocycles. The van der Waals surface area contributed by atoms with E-state index in [1.165, 1.54) is 18.2 Å². The van der Waals surface area contributed by atoms with E-state index < -0.39 is 4.92 Å². The zero-order chi connectivity index (χ0) is 17.0. The number of rotatable bonds is 4. The number of piperidine rings is 1. The van der Waals surface area contributed by atoms with Gasteiger partial charge in [-0.05, 0) is 18.9 Å². The number of hydrogen-bond donors (Lipinski definition) is 1. The summed E-state index contributed by atoms with van der Waals surface area (Å²) in [4.78, 5) is 35.7. The Kier molecular flexibility index (Phi) is 5.54. The van der Waals surface area contributed by atoms with E-state index in [0.717, 1.165) is 0 Å². The molecular weight excluding hydrogens is 322 g/mol. The summed E-state index contributed by atoms with van der Waals surface area (Å²) in [5, 5.41) is 13.7. The summed E-state index contributed by atoms with van der Waals surface area (Å²) >= 11 is 5.99. The number of amides is 2. The van der Waals surface area contributed by atoms with Gasteiger partial charge in [0.05, 0.1) is 15.5 Å². The van der Waals surface area contributed by atoms with Gasteiger partial charge in [-0.3, -0.25) is 19.7 Å². The number of nitro benzene ring substituents is 1. The predicted molar refractivity (Wildman–Crippen MR) is 85.5 cm³/mol. The molecule has 0 atom stereocenters. The largest absolute Gasteiger partial charge is 0.353 e. The van der Waals surface area contributed by atoms with Crippen LogP contribution in [0.15, 0.2) is 18.2 Å². The Morgan fingerprint density at radius 2 is 2.04 bits per heavy atom. The summed E-state index contributed by atoms with van der Waals surface area (Å²) in [6.45, 7) is 2.83. The van der Waals surface area contributed by atoms with Crippen molar-refractivity contribution in [2.45, 2.75) is 32.2 Å². The molecule has 0 bridgehead atoms. The van der Waals surface area contributed by atoms with Crippen LogP contribution in [-0.4, -0.2) is 40.8 Å². The van der Waals surface area contributed by atoms with Crippen LogP contribution in [0, 0.1) is 10.1 Å². The van der Waals surface area contributed by atoms with Crippen LogP contribution in [0.25, 0.3) is 0 Å². The molecule has 0 radical (unpaired) electrons. The topological polar surface area (TPSA) is 92.6 Å². The van der Waals surface area contributed by atoms with Gasteiger partial charge >= 0.3 is 0 Å². The van der Waals surface area contributed by atoms with Crippen molar-refractivity contribution in [2.24, 2.45) is 0 Å². The zero-order valence-electron chi connectivity index (χ0n) is 12.8. The van der Waals surface area contributed by atoms with E-state index in [-0.39, 0.29) is 34.1 Å². The molecule has 1 aliphatic heterocycles. The minimum absolute atomic E-state index is 0.00758. The number of nitrogens with zero attached hydrogens (tertiary/aromatic N) is 2. The van der Waals surface area contributed by atoms with Crippen LogP contribution < -0.4 is 5.32 Å². The first kappa shape index (κ1) is 17.2. The van der Waals surface area contributed by atoms with E-state index in [1.807, 2.05) is 0 Å². The molecule has 1 heterocycles. The van der Waals surface area contributed by atoms with Crippen LogP contribution in [0.5, 0.6) is 0 Å². The number of non-ortho nitro benzene ring substituents is 1. The van der Waals surface area contributed by atoms with Gasteiger partial charge in [0.15, 0.2) is 0 Å². The zero-order valence-corrected chi connectivity index (χ0v) is 13.5. The molecule has 0 spiro atoms. The molecule has 1 N–H and O–H groups in total. The number of halogens is 1. The highest BCUT2D eigenvalue weighted by Crippen LogP contribution is 2.24. The van der Waals surface area contributed by atoms with Crippen LogP contribution in [0.3, 0.4) is 0 Å². The summed E-state index contributed by atoms with van der Waals surface area (Å²) in [6, 6.07) is 3.92. The quantitative estimate of drug-likeness (QED) is 0.673. The smallest absolute Gasteiger partial charge is 0.270 e. The molecule has 8 heteroatoms. The van der Waals surface area contributed by atoms with Crippen LogP contribution in [0.2, 0.25) is 5.02 Å². The monoisotopic (exact) mass is 339 g/mol. The number of carbonyl (C=O) groups is 2. The van der Waals surface area contributed by atoms with Crippen LogP contribution in [0.4, 0.5) is 5.69 Å². The molecular formula is C15H18ClN3O4. The third-order valence-electron chi connectivity index (χ3n) is 3.86. The van der Waals surface area contributed by atoms with Crippen LogP contribution in [-0.2, 0) is 4.79 Å². The van der Waals surface area contributed by atoms with E-state index >= 15 is 0 Å². The first-order valence-corrected chi connectivity index (χ1v) is 7.82. The van der Waals surface area contributed by atoms with Crippen molar-refractivity contribution >= 4 is 29.1 Å². The Hall–Kier alpha value is -2.15. The van der Waals surface area contributed by atoms with Gasteiger partial charge in [-0.2, -0.15) is 0 Å². The lowest BCUT2D eigenvalue weighted by atomic mass is 10.0. The number of nitro groups is 1. The molecule has 1 aromatic rings.